The minimum Gasteiger partial charge on any atom is -0.463 e. The van der Waals surface area contributed by atoms with Crippen molar-refractivity contribution in [2.24, 2.45) is 11.8 Å². The Labute approximate surface area is 318 Å². The molecule has 0 aromatic carbocycles. The minimum atomic E-state index is -1.04. The van der Waals surface area contributed by atoms with Gasteiger partial charge in [0.15, 0.2) is 0 Å². The van der Waals surface area contributed by atoms with Crippen LogP contribution in [0.3, 0.4) is 0 Å². The summed E-state index contributed by atoms with van der Waals surface area (Å²) in [6, 6.07) is 0. The van der Waals surface area contributed by atoms with Crippen molar-refractivity contribution in [3.63, 3.8) is 0 Å². The molecule has 304 valence electrons. The molecule has 0 radical (unpaired) electrons. The molecule has 1 fully saturated rings. The molecule has 3 N–H and O–H groups in total. The Kier molecular flexibility index (Phi) is 31.3. The number of esters is 2. The zero-order chi connectivity index (χ0) is 38.1. The number of Topliss-reactive ketones (excluding diaryl/α,β-unsaturated/α-hetero) is 1. The molecular formula is C44H80O8. The van der Waals surface area contributed by atoms with Gasteiger partial charge in [0, 0.05) is 31.1 Å². The fourth-order valence-electron chi connectivity index (χ4n) is 7.28. The van der Waals surface area contributed by atoms with E-state index in [1.807, 2.05) is 6.08 Å². The van der Waals surface area contributed by atoms with Crippen LogP contribution in [0.5, 0.6) is 0 Å². The Balaban J connectivity index is 1.96. The van der Waals surface area contributed by atoms with E-state index < -0.39 is 18.3 Å². The van der Waals surface area contributed by atoms with E-state index in [1.165, 1.54) is 96.3 Å². The molecule has 0 aromatic heterocycles. The summed E-state index contributed by atoms with van der Waals surface area (Å²) in [4.78, 5) is 36.6. The van der Waals surface area contributed by atoms with Crippen LogP contribution >= 0.6 is 0 Å². The molecule has 8 nitrogen and oxygen atoms in total. The Hall–Kier alpha value is -1.77. The highest BCUT2D eigenvalue weighted by Gasteiger charge is 2.39. The van der Waals surface area contributed by atoms with Crippen molar-refractivity contribution in [3.05, 3.63) is 12.2 Å². The van der Waals surface area contributed by atoms with Crippen molar-refractivity contribution in [1.29, 1.82) is 0 Å². The van der Waals surface area contributed by atoms with Crippen molar-refractivity contribution < 1.29 is 39.2 Å². The van der Waals surface area contributed by atoms with Crippen molar-refractivity contribution in [3.8, 4) is 0 Å². The maximum atomic E-state index is 12.5. The third-order valence-corrected chi connectivity index (χ3v) is 10.6. The fraction of sp³-hybridized carbons (Fsp3) is 0.886. The van der Waals surface area contributed by atoms with E-state index in [9.17, 15) is 29.7 Å². The lowest BCUT2D eigenvalue weighted by molar-refractivity contribution is -0.152. The first-order chi connectivity index (χ1) is 25.3. The Morgan fingerprint density at radius 2 is 1.04 bits per heavy atom. The molecule has 0 amide bonds. The van der Waals surface area contributed by atoms with Crippen molar-refractivity contribution in [2.75, 3.05) is 13.2 Å². The summed E-state index contributed by atoms with van der Waals surface area (Å²) in [5.41, 5.74) is 0. The second-order valence-electron chi connectivity index (χ2n) is 15.6. The number of carbonyl (C=O) groups is 3. The van der Waals surface area contributed by atoms with E-state index in [1.54, 1.807) is 6.08 Å². The standard InChI is InChI=1S/C44H80O8/c1-3-5-7-8-9-10-11-12-13-14-15-16-17-18-19-20-21-26-30-43(49)51-35-38(46)36-52-44(50)31-27-23-22-25-29-39-40(42(48)34-41(39)47)33-32-37(45)28-24-6-4-2/h32-33,37-40,42,45-46,48H,3-31,34-36H2,1-2H3/b33-32+/t37-,38-,39+,40+,42+/m0/s1. The van der Waals surface area contributed by atoms with Crippen LogP contribution in [0.1, 0.15) is 206 Å². The lowest BCUT2D eigenvalue weighted by atomic mass is 9.88. The fourth-order valence-corrected chi connectivity index (χ4v) is 7.28. The maximum absolute atomic E-state index is 12.5. The summed E-state index contributed by atoms with van der Waals surface area (Å²) in [5, 5.41) is 30.7. The van der Waals surface area contributed by atoms with Crippen molar-refractivity contribution in [1.82, 2.24) is 0 Å². The summed E-state index contributed by atoms with van der Waals surface area (Å²) in [6.07, 6.45) is 33.1. The average Bonchev–Trinajstić information content (AvgIpc) is 3.40. The largest absolute Gasteiger partial charge is 0.463 e. The molecule has 0 aliphatic heterocycles. The number of hydrogen-bond donors (Lipinski definition) is 3. The highest BCUT2D eigenvalue weighted by atomic mass is 16.6. The van der Waals surface area contributed by atoms with Gasteiger partial charge in [-0.3, -0.25) is 14.4 Å². The maximum Gasteiger partial charge on any atom is 0.305 e. The molecule has 1 aliphatic rings. The van der Waals surface area contributed by atoms with Gasteiger partial charge < -0.3 is 24.8 Å². The van der Waals surface area contributed by atoms with Crippen molar-refractivity contribution >= 4 is 17.7 Å². The summed E-state index contributed by atoms with van der Waals surface area (Å²) in [7, 11) is 0. The molecular weight excluding hydrogens is 656 g/mol. The van der Waals surface area contributed by atoms with Crippen LogP contribution in [0.4, 0.5) is 0 Å². The van der Waals surface area contributed by atoms with Crippen molar-refractivity contribution in [2.45, 2.75) is 225 Å². The van der Waals surface area contributed by atoms with Crippen LogP contribution in [0.2, 0.25) is 0 Å². The summed E-state index contributed by atoms with van der Waals surface area (Å²) in [5.74, 6) is -1.10. The number of aliphatic hydroxyl groups is 3. The second kappa shape index (κ2) is 33.8. The molecule has 0 spiro atoms. The lowest BCUT2D eigenvalue weighted by Gasteiger charge is -2.18. The van der Waals surface area contributed by atoms with E-state index in [2.05, 4.69) is 13.8 Å². The molecule has 0 heterocycles. The zero-order valence-electron chi connectivity index (χ0n) is 33.6. The van der Waals surface area contributed by atoms with Crippen LogP contribution in [-0.2, 0) is 23.9 Å². The number of rotatable bonds is 36. The number of ketones is 1. The quantitative estimate of drug-likeness (QED) is 0.0329. The van der Waals surface area contributed by atoms with Gasteiger partial charge in [0.1, 0.15) is 25.1 Å². The normalized spacial score (nSPS) is 18.6. The third-order valence-electron chi connectivity index (χ3n) is 10.6. The van der Waals surface area contributed by atoms with Gasteiger partial charge >= 0.3 is 11.9 Å². The molecule has 1 saturated carbocycles. The van der Waals surface area contributed by atoms with Gasteiger partial charge in [-0.15, -0.1) is 0 Å². The summed E-state index contributed by atoms with van der Waals surface area (Å²) >= 11 is 0. The number of ether oxygens (including phenoxy) is 2. The Morgan fingerprint density at radius 3 is 1.50 bits per heavy atom. The van der Waals surface area contributed by atoms with Gasteiger partial charge in [-0.25, -0.2) is 0 Å². The monoisotopic (exact) mass is 737 g/mol. The predicted molar refractivity (Wildman–Crippen MR) is 211 cm³/mol. The molecule has 0 saturated heterocycles. The van der Waals surface area contributed by atoms with Gasteiger partial charge in [0.2, 0.25) is 0 Å². The van der Waals surface area contributed by atoms with E-state index in [0.29, 0.717) is 25.7 Å². The zero-order valence-corrected chi connectivity index (χ0v) is 33.6. The highest BCUT2D eigenvalue weighted by molar-refractivity contribution is 5.84. The number of carbonyl (C=O) groups excluding carboxylic acids is 3. The van der Waals surface area contributed by atoms with Gasteiger partial charge in [-0.05, 0) is 25.7 Å². The van der Waals surface area contributed by atoms with Gasteiger partial charge in [0.25, 0.3) is 0 Å². The Bertz CT molecular complexity index is 905. The third kappa shape index (κ3) is 26.9. The van der Waals surface area contributed by atoms with Gasteiger partial charge in [0.05, 0.1) is 12.2 Å². The molecule has 1 rings (SSSR count). The molecule has 8 heteroatoms. The van der Waals surface area contributed by atoms with Crippen LogP contribution in [0, 0.1) is 11.8 Å². The Morgan fingerprint density at radius 1 is 0.635 bits per heavy atom. The average molecular weight is 737 g/mol. The van der Waals surface area contributed by atoms with Gasteiger partial charge in [-0.1, -0.05) is 174 Å². The van der Waals surface area contributed by atoms with Crippen LogP contribution < -0.4 is 0 Å². The predicted octanol–water partition coefficient (Wildman–Crippen LogP) is 10.3. The first-order valence-corrected chi connectivity index (χ1v) is 21.8. The number of hydrogen-bond acceptors (Lipinski definition) is 8. The van der Waals surface area contributed by atoms with Gasteiger partial charge in [-0.2, -0.15) is 0 Å². The van der Waals surface area contributed by atoms with E-state index in [0.717, 1.165) is 57.8 Å². The molecule has 0 aromatic rings. The second-order valence-corrected chi connectivity index (χ2v) is 15.6. The smallest absolute Gasteiger partial charge is 0.305 e. The van der Waals surface area contributed by atoms with E-state index >= 15 is 0 Å². The van der Waals surface area contributed by atoms with E-state index in [-0.39, 0.29) is 55.6 Å². The molecule has 1 aliphatic carbocycles. The number of aliphatic hydroxyl groups excluding tert-OH is 3. The first kappa shape index (κ1) is 48.2. The first-order valence-electron chi connectivity index (χ1n) is 21.8. The van der Waals surface area contributed by atoms with E-state index in [4.69, 9.17) is 9.47 Å². The molecule has 0 unspecified atom stereocenters. The number of unbranched alkanes of at least 4 members (excludes halogenated alkanes) is 22. The van der Waals surface area contributed by atoms with Crippen LogP contribution in [0.25, 0.3) is 0 Å². The summed E-state index contributed by atoms with van der Waals surface area (Å²) < 4.78 is 10.3. The minimum absolute atomic E-state index is 0.0843. The molecule has 5 atom stereocenters. The lowest BCUT2D eigenvalue weighted by Crippen LogP contribution is -2.25. The van der Waals surface area contributed by atoms with Crippen LogP contribution in [0.15, 0.2) is 12.2 Å². The highest BCUT2D eigenvalue weighted by Crippen LogP contribution is 2.34. The molecule has 0 bridgehead atoms. The molecule has 52 heavy (non-hydrogen) atoms. The van der Waals surface area contributed by atoms with Crippen LogP contribution in [-0.4, -0.2) is 64.6 Å². The summed E-state index contributed by atoms with van der Waals surface area (Å²) in [6.45, 7) is 4.03. The topological polar surface area (TPSA) is 130 Å². The SMILES string of the molecule is CCCCCCCCCCCCCCCCCCCCC(=O)OC[C@H](O)COC(=O)CCCCCC[C@H]1C(=O)C[C@@H](O)[C@@H]1/C=C/[C@@H](O)CCCCC.